The summed E-state index contributed by atoms with van der Waals surface area (Å²) in [4.78, 5) is 8.22. The first-order valence-electron chi connectivity index (χ1n) is 3.81. The van der Waals surface area contributed by atoms with Gasteiger partial charge in [0, 0.05) is 0 Å². The molecule has 66 valence electrons. The Kier molecular flexibility index (Phi) is 2.61. The summed E-state index contributed by atoms with van der Waals surface area (Å²) in [6.07, 6.45) is 0. The summed E-state index contributed by atoms with van der Waals surface area (Å²) >= 11 is 3.33. The molecule has 13 heavy (non-hydrogen) atoms. The maximum absolute atomic E-state index is 4.44. The summed E-state index contributed by atoms with van der Waals surface area (Å²) in [5, 5.41) is 0. The molecule has 1 heterocycles. The molecule has 0 saturated carbocycles. The van der Waals surface area contributed by atoms with E-state index in [4.69, 9.17) is 0 Å². The smallest absolute Gasteiger partial charge is 0.152 e. The van der Waals surface area contributed by atoms with Crippen LogP contribution in [0.4, 0.5) is 0 Å². The van der Waals surface area contributed by atoms with Crippen molar-refractivity contribution < 1.29 is 0 Å². The number of fused-ring (bicyclic) bond motifs is 1. The Morgan fingerprint density at radius 1 is 1.46 bits per heavy atom. The molecule has 0 aliphatic rings. The molecule has 0 atom stereocenters. The molecular weight excluding hydrogens is 200 g/mol. The number of hydrogen-bond acceptors (Lipinski definition) is 4. The van der Waals surface area contributed by atoms with Crippen LogP contribution in [-0.4, -0.2) is 17.6 Å². The molecule has 1 aromatic heterocycles. The average molecular weight is 208 g/mol. The molecule has 2 aromatic rings. The van der Waals surface area contributed by atoms with Crippen molar-refractivity contribution in [3.05, 3.63) is 24.3 Å². The molecule has 0 spiro atoms. The van der Waals surface area contributed by atoms with Gasteiger partial charge in [0.2, 0.25) is 0 Å². The van der Waals surface area contributed by atoms with Gasteiger partial charge < -0.3 is 0 Å². The number of thioether (sulfide) groups is 1. The second-order valence-corrected chi connectivity index (χ2v) is 4.67. The highest BCUT2D eigenvalue weighted by Gasteiger charge is 2.01. The molecule has 0 aliphatic heterocycles. The Hall–Kier alpha value is -0.870. The van der Waals surface area contributed by atoms with Crippen LogP contribution in [0.2, 0.25) is 0 Å². The molecule has 1 aromatic carbocycles. The maximum Gasteiger partial charge on any atom is 0.152 e. The summed E-state index contributed by atoms with van der Waals surface area (Å²) in [5.74, 6) is 0.680. The first-order valence-corrected chi connectivity index (χ1v) is 5.61. The van der Waals surface area contributed by atoms with E-state index in [0.29, 0.717) is 5.88 Å². The van der Waals surface area contributed by atoms with E-state index in [1.54, 1.807) is 23.1 Å². The van der Waals surface area contributed by atoms with Gasteiger partial charge in [0.05, 0.1) is 16.1 Å². The molecular formula is C9H8N2S2. The summed E-state index contributed by atoms with van der Waals surface area (Å²) in [7, 11) is 0. The minimum Gasteiger partial charge on any atom is -0.290 e. The van der Waals surface area contributed by atoms with Gasteiger partial charge in [-0.05, 0) is 18.9 Å². The van der Waals surface area contributed by atoms with E-state index < -0.39 is 0 Å². The van der Waals surface area contributed by atoms with Crippen molar-refractivity contribution in [2.75, 3.05) is 5.88 Å². The molecule has 0 fully saturated rings. The average Bonchev–Trinajstić information content (AvgIpc) is 2.57. The lowest BCUT2D eigenvalue weighted by Gasteiger charge is -1.86. The van der Waals surface area contributed by atoms with Crippen LogP contribution in [-0.2, 0) is 0 Å². The fraction of sp³-hybridized carbons (Fsp3) is 0.111. The minimum atomic E-state index is 0.680. The van der Waals surface area contributed by atoms with E-state index >= 15 is 0 Å². The number of hydrogen-bond donors (Lipinski definition) is 0. The molecule has 0 saturated heterocycles. The van der Waals surface area contributed by atoms with Gasteiger partial charge in [0.25, 0.3) is 0 Å². The SMILES string of the molecule is C=NCSc1nc2ccccc2s1. The number of aromatic nitrogens is 1. The van der Waals surface area contributed by atoms with Crippen LogP contribution >= 0.6 is 23.1 Å². The Morgan fingerprint density at radius 2 is 2.31 bits per heavy atom. The minimum absolute atomic E-state index is 0.680. The molecule has 0 aliphatic carbocycles. The monoisotopic (exact) mass is 208 g/mol. The number of rotatable bonds is 3. The lowest BCUT2D eigenvalue weighted by Crippen LogP contribution is -1.70. The predicted molar refractivity (Wildman–Crippen MR) is 59.9 cm³/mol. The van der Waals surface area contributed by atoms with Crippen molar-refractivity contribution in [3.63, 3.8) is 0 Å². The number of thiazole rings is 1. The van der Waals surface area contributed by atoms with Gasteiger partial charge in [-0.3, -0.25) is 4.99 Å². The Balaban J connectivity index is 2.32. The van der Waals surface area contributed by atoms with Gasteiger partial charge in [-0.1, -0.05) is 23.9 Å². The molecule has 0 amide bonds. The van der Waals surface area contributed by atoms with Crippen molar-refractivity contribution in [3.8, 4) is 0 Å². The standard InChI is InChI=1S/C9H8N2S2/c1-10-6-12-9-11-7-4-2-3-5-8(7)13-9/h2-5H,1,6H2. The topological polar surface area (TPSA) is 25.2 Å². The lowest BCUT2D eigenvalue weighted by atomic mass is 10.3. The van der Waals surface area contributed by atoms with Gasteiger partial charge in [-0.15, -0.1) is 11.3 Å². The van der Waals surface area contributed by atoms with E-state index in [1.807, 2.05) is 18.2 Å². The summed E-state index contributed by atoms with van der Waals surface area (Å²) in [6, 6.07) is 8.14. The van der Waals surface area contributed by atoms with E-state index in [0.717, 1.165) is 9.86 Å². The van der Waals surface area contributed by atoms with Gasteiger partial charge >= 0.3 is 0 Å². The summed E-state index contributed by atoms with van der Waals surface area (Å²) in [5.41, 5.74) is 1.07. The van der Waals surface area contributed by atoms with Crippen molar-refractivity contribution in [1.29, 1.82) is 0 Å². The molecule has 0 unspecified atom stereocenters. The van der Waals surface area contributed by atoms with Gasteiger partial charge in [-0.25, -0.2) is 4.98 Å². The Bertz CT molecular complexity index is 389. The molecule has 0 N–H and O–H groups in total. The Labute approximate surface area is 84.7 Å². The zero-order valence-electron chi connectivity index (χ0n) is 6.93. The first kappa shape index (κ1) is 8.72. The third kappa shape index (κ3) is 1.89. The molecule has 2 nitrogen and oxygen atoms in total. The van der Waals surface area contributed by atoms with Crippen LogP contribution in [0.1, 0.15) is 0 Å². The van der Waals surface area contributed by atoms with Crippen LogP contribution in [0.15, 0.2) is 33.6 Å². The van der Waals surface area contributed by atoms with Crippen molar-refractivity contribution in [2.24, 2.45) is 4.99 Å². The predicted octanol–water partition coefficient (Wildman–Crippen LogP) is 3.05. The number of benzene rings is 1. The van der Waals surface area contributed by atoms with E-state index in [2.05, 4.69) is 22.8 Å². The highest BCUT2D eigenvalue weighted by atomic mass is 32.2. The zero-order chi connectivity index (χ0) is 9.10. The van der Waals surface area contributed by atoms with Crippen molar-refractivity contribution in [2.45, 2.75) is 4.34 Å². The largest absolute Gasteiger partial charge is 0.290 e. The highest BCUT2D eigenvalue weighted by Crippen LogP contribution is 2.28. The number of para-hydroxylation sites is 1. The van der Waals surface area contributed by atoms with E-state index in [1.165, 1.54) is 4.70 Å². The molecule has 0 radical (unpaired) electrons. The number of nitrogens with zero attached hydrogens (tertiary/aromatic N) is 2. The first-order chi connectivity index (χ1) is 6.40. The third-order valence-electron chi connectivity index (χ3n) is 1.55. The second-order valence-electron chi connectivity index (χ2n) is 2.44. The van der Waals surface area contributed by atoms with Gasteiger partial charge in [0.1, 0.15) is 0 Å². The highest BCUT2D eigenvalue weighted by molar-refractivity contribution is 8.01. The Morgan fingerprint density at radius 3 is 3.08 bits per heavy atom. The maximum atomic E-state index is 4.44. The van der Waals surface area contributed by atoms with Gasteiger partial charge in [0.15, 0.2) is 4.34 Å². The fourth-order valence-electron chi connectivity index (χ4n) is 1.01. The quantitative estimate of drug-likeness (QED) is 0.572. The lowest BCUT2D eigenvalue weighted by molar-refractivity contribution is 1.29. The normalized spacial score (nSPS) is 10.5. The summed E-state index contributed by atoms with van der Waals surface area (Å²) < 4.78 is 2.29. The van der Waals surface area contributed by atoms with Crippen LogP contribution in [0, 0.1) is 0 Å². The van der Waals surface area contributed by atoms with E-state index in [-0.39, 0.29) is 0 Å². The van der Waals surface area contributed by atoms with Crippen molar-refractivity contribution >= 4 is 40.0 Å². The van der Waals surface area contributed by atoms with Crippen LogP contribution in [0.5, 0.6) is 0 Å². The van der Waals surface area contributed by atoms with E-state index in [9.17, 15) is 0 Å². The zero-order valence-corrected chi connectivity index (χ0v) is 8.57. The van der Waals surface area contributed by atoms with Crippen LogP contribution in [0.3, 0.4) is 0 Å². The second kappa shape index (κ2) is 3.89. The van der Waals surface area contributed by atoms with Crippen LogP contribution in [0.25, 0.3) is 10.2 Å². The number of aliphatic imine (C=N–C) groups is 1. The van der Waals surface area contributed by atoms with Crippen LogP contribution < -0.4 is 0 Å². The molecule has 0 bridgehead atoms. The van der Waals surface area contributed by atoms with Gasteiger partial charge in [-0.2, -0.15) is 0 Å². The molecule has 2 rings (SSSR count). The third-order valence-corrected chi connectivity index (χ3v) is 3.64. The molecule has 4 heteroatoms. The summed E-state index contributed by atoms with van der Waals surface area (Å²) in [6.45, 7) is 3.44. The fourth-order valence-corrected chi connectivity index (χ4v) is 2.74. The van der Waals surface area contributed by atoms with Crippen molar-refractivity contribution in [1.82, 2.24) is 4.98 Å².